The summed E-state index contributed by atoms with van der Waals surface area (Å²) in [7, 11) is 0. The molecule has 1 aliphatic rings. The van der Waals surface area contributed by atoms with Gasteiger partial charge in [0.25, 0.3) is 5.56 Å². The lowest BCUT2D eigenvalue weighted by molar-refractivity contribution is 0.316. The molecule has 0 aromatic carbocycles. The van der Waals surface area contributed by atoms with Crippen molar-refractivity contribution in [3.8, 4) is 0 Å². The van der Waals surface area contributed by atoms with Gasteiger partial charge in [-0.25, -0.2) is 14.2 Å². The van der Waals surface area contributed by atoms with E-state index in [-0.39, 0.29) is 12.1 Å². The van der Waals surface area contributed by atoms with E-state index in [0.717, 1.165) is 31.5 Å². The number of hydrogen-bond acceptors (Lipinski definition) is 3. The summed E-state index contributed by atoms with van der Waals surface area (Å²) in [6, 6.07) is 0. The standard InChI is InChI=1S/C16H23FN4O2/c1-3-8-20-15(22)12-14(21(16(20)23)9-10(2)17)19-13(18-12)11-6-4-5-7-11/h10-11H,3-9H2,1-2H3,(H,18,19). The van der Waals surface area contributed by atoms with Crippen LogP contribution in [0.1, 0.15) is 57.7 Å². The summed E-state index contributed by atoms with van der Waals surface area (Å²) in [5.41, 5.74) is -0.218. The number of fused-ring (bicyclic) bond motifs is 1. The molecule has 2 aromatic heterocycles. The Morgan fingerprint density at radius 2 is 2.00 bits per heavy atom. The van der Waals surface area contributed by atoms with E-state index < -0.39 is 11.9 Å². The molecule has 1 N–H and O–H groups in total. The Morgan fingerprint density at radius 3 is 2.61 bits per heavy atom. The Morgan fingerprint density at radius 1 is 1.30 bits per heavy atom. The van der Waals surface area contributed by atoms with Crippen LogP contribution in [0.5, 0.6) is 0 Å². The van der Waals surface area contributed by atoms with Crippen molar-refractivity contribution in [1.29, 1.82) is 0 Å². The number of H-pyrrole nitrogens is 1. The van der Waals surface area contributed by atoms with Crippen LogP contribution in [0.3, 0.4) is 0 Å². The van der Waals surface area contributed by atoms with E-state index >= 15 is 0 Å². The first-order valence-electron chi connectivity index (χ1n) is 8.40. The third kappa shape index (κ3) is 2.84. The first kappa shape index (κ1) is 16.0. The van der Waals surface area contributed by atoms with Crippen molar-refractivity contribution in [3.63, 3.8) is 0 Å². The van der Waals surface area contributed by atoms with E-state index in [1.165, 1.54) is 16.1 Å². The molecular formula is C16H23FN4O2. The summed E-state index contributed by atoms with van der Waals surface area (Å²) in [5, 5.41) is 0. The van der Waals surface area contributed by atoms with Crippen LogP contribution in [-0.4, -0.2) is 25.3 Å². The largest absolute Gasteiger partial charge is 0.336 e. The number of nitrogens with one attached hydrogen (secondary N) is 1. The summed E-state index contributed by atoms with van der Waals surface area (Å²) in [5.74, 6) is 1.05. The minimum Gasteiger partial charge on any atom is -0.336 e. The zero-order valence-electron chi connectivity index (χ0n) is 13.6. The van der Waals surface area contributed by atoms with Crippen LogP contribution in [0.2, 0.25) is 0 Å². The van der Waals surface area contributed by atoms with Crippen LogP contribution in [0.4, 0.5) is 4.39 Å². The summed E-state index contributed by atoms with van der Waals surface area (Å²) < 4.78 is 16.0. The third-order valence-corrected chi connectivity index (χ3v) is 4.50. The Bertz CT molecular complexity index is 812. The van der Waals surface area contributed by atoms with Crippen LogP contribution in [0.15, 0.2) is 9.59 Å². The molecule has 0 saturated heterocycles. The molecule has 2 heterocycles. The monoisotopic (exact) mass is 322 g/mol. The van der Waals surface area contributed by atoms with E-state index in [1.807, 2.05) is 6.92 Å². The Hall–Kier alpha value is -1.92. The van der Waals surface area contributed by atoms with Crippen LogP contribution in [0, 0.1) is 0 Å². The van der Waals surface area contributed by atoms with Gasteiger partial charge in [-0.2, -0.15) is 0 Å². The van der Waals surface area contributed by atoms with Gasteiger partial charge in [0.2, 0.25) is 0 Å². The van der Waals surface area contributed by atoms with Crippen molar-refractivity contribution in [2.45, 2.75) is 71.1 Å². The smallest absolute Gasteiger partial charge is 0.332 e. The molecule has 126 valence electrons. The summed E-state index contributed by atoms with van der Waals surface area (Å²) in [6.45, 7) is 3.54. The van der Waals surface area contributed by atoms with Gasteiger partial charge in [-0.15, -0.1) is 0 Å². The maximum Gasteiger partial charge on any atom is 0.332 e. The van der Waals surface area contributed by atoms with Gasteiger partial charge < -0.3 is 4.98 Å². The van der Waals surface area contributed by atoms with E-state index in [0.29, 0.717) is 30.0 Å². The molecule has 2 aromatic rings. The molecule has 1 saturated carbocycles. The van der Waals surface area contributed by atoms with Gasteiger partial charge >= 0.3 is 5.69 Å². The van der Waals surface area contributed by atoms with Crippen LogP contribution in [0.25, 0.3) is 11.2 Å². The highest BCUT2D eigenvalue weighted by atomic mass is 19.1. The average Bonchev–Trinajstić information content (AvgIpc) is 3.16. The predicted octanol–water partition coefficient (Wildman–Crippen LogP) is 2.31. The van der Waals surface area contributed by atoms with Gasteiger partial charge in [-0.05, 0) is 26.2 Å². The summed E-state index contributed by atoms with van der Waals surface area (Å²) in [6.07, 6.45) is 3.84. The minimum atomic E-state index is -1.19. The highest BCUT2D eigenvalue weighted by Gasteiger charge is 2.24. The fraction of sp³-hybridized carbons (Fsp3) is 0.688. The molecule has 3 rings (SSSR count). The van der Waals surface area contributed by atoms with Crippen molar-refractivity contribution in [3.05, 3.63) is 26.7 Å². The van der Waals surface area contributed by atoms with Crippen LogP contribution in [-0.2, 0) is 13.1 Å². The number of rotatable bonds is 5. The zero-order valence-corrected chi connectivity index (χ0v) is 13.6. The topological polar surface area (TPSA) is 72.7 Å². The van der Waals surface area contributed by atoms with Gasteiger partial charge in [0.15, 0.2) is 5.65 Å². The van der Waals surface area contributed by atoms with Gasteiger partial charge in [0.1, 0.15) is 17.5 Å². The lowest BCUT2D eigenvalue weighted by atomic mass is 10.1. The molecule has 6 nitrogen and oxygen atoms in total. The lowest BCUT2D eigenvalue weighted by Gasteiger charge is -2.11. The third-order valence-electron chi connectivity index (χ3n) is 4.50. The van der Waals surface area contributed by atoms with Crippen molar-refractivity contribution in [1.82, 2.24) is 19.1 Å². The molecule has 23 heavy (non-hydrogen) atoms. The molecule has 1 aliphatic carbocycles. The molecule has 1 atom stereocenters. The van der Waals surface area contributed by atoms with E-state index in [2.05, 4.69) is 9.97 Å². The fourth-order valence-electron chi connectivity index (χ4n) is 3.41. The first-order valence-corrected chi connectivity index (χ1v) is 8.40. The SMILES string of the molecule is CCCn1c(=O)c2[nH]c(C3CCCC3)nc2n(CC(C)F)c1=O. The molecular weight excluding hydrogens is 299 g/mol. The Kier molecular flexibility index (Phi) is 4.37. The molecule has 1 unspecified atom stereocenters. The average molecular weight is 322 g/mol. The number of aromatic nitrogens is 4. The van der Waals surface area contributed by atoms with Crippen LogP contribution >= 0.6 is 0 Å². The van der Waals surface area contributed by atoms with E-state index in [1.54, 1.807) is 0 Å². The van der Waals surface area contributed by atoms with Crippen molar-refractivity contribution >= 4 is 11.2 Å². The van der Waals surface area contributed by atoms with E-state index in [9.17, 15) is 14.0 Å². The van der Waals surface area contributed by atoms with Crippen molar-refractivity contribution in [2.24, 2.45) is 0 Å². The molecule has 0 bridgehead atoms. The van der Waals surface area contributed by atoms with Gasteiger partial charge in [-0.1, -0.05) is 19.8 Å². The Balaban J connectivity index is 2.23. The predicted molar refractivity (Wildman–Crippen MR) is 86.7 cm³/mol. The molecule has 1 fully saturated rings. The van der Waals surface area contributed by atoms with Gasteiger partial charge in [0.05, 0.1) is 6.54 Å². The van der Waals surface area contributed by atoms with Crippen molar-refractivity contribution in [2.75, 3.05) is 0 Å². The summed E-state index contributed by atoms with van der Waals surface area (Å²) >= 11 is 0. The molecule has 7 heteroatoms. The summed E-state index contributed by atoms with van der Waals surface area (Å²) in [4.78, 5) is 32.8. The quantitative estimate of drug-likeness (QED) is 0.918. The zero-order chi connectivity index (χ0) is 16.6. The molecule has 0 radical (unpaired) electrons. The minimum absolute atomic E-state index is 0.0890. The number of imidazole rings is 1. The number of hydrogen-bond donors (Lipinski definition) is 1. The van der Waals surface area contributed by atoms with Crippen LogP contribution < -0.4 is 11.2 Å². The van der Waals surface area contributed by atoms with Gasteiger partial charge in [-0.3, -0.25) is 13.9 Å². The lowest BCUT2D eigenvalue weighted by Crippen LogP contribution is -2.41. The second-order valence-electron chi connectivity index (χ2n) is 6.43. The fourth-order valence-corrected chi connectivity index (χ4v) is 3.41. The number of halogens is 1. The van der Waals surface area contributed by atoms with E-state index in [4.69, 9.17) is 0 Å². The molecule has 0 spiro atoms. The van der Waals surface area contributed by atoms with Crippen molar-refractivity contribution < 1.29 is 4.39 Å². The maximum absolute atomic E-state index is 13.5. The number of aromatic amines is 1. The van der Waals surface area contributed by atoms with Gasteiger partial charge in [0, 0.05) is 12.5 Å². The normalized spacial score (nSPS) is 17.2. The Labute approximate surface area is 133 Å². The second-order valence-corrected chi connectivity index (χ2v) is 6.43. The highest BCUT2D eigenvalue weighted by Crippen LogP contribution is 2.32. The number of alkyl halides is 1. The second kappa shape index (κ2) is 6.29. The number of nitrogens with zero attached hydrogens (tertiary/aromatic N) is 3. The first-order chi connectivity index (χ1) is 11.0. The molecule has 0 aliphatic heterocycles. The highest BCUT2D eigenvalue weighted by molar-refractivity contribution is 5.70. The maximum atomic E-state index is 13.5. The molecule has 0 amide bonds.